The van der Waals surface area contributed by atoms with Crippen LogP contribution in [0.1, 0.15) is 12.5 Å². The zero-order valence-corrected chi connectivity index (χ0v) is 16.4. The van der Waals surface area contributed by atoms with Crippen LogP contribution in [-0.4, -0.2) is 84.2 Å². The van der Waals surface area contributed by atoms with E-state index in [0.717, 1.165) is 4.90 Å². The zero-order valence-electron chi connectivity index (χ0n) is 16.4. The SMILES string of the molecule is COc1cc(/C(C)=N/NC(=O)CN2C=[N+]=C3C2C(=O)N(C)C(=O)N3C)ccc1[O-]. The molecule has 0 aromatic heterocycles. The number of ether oxygens (including phenoxy) is 1. The molecule has 1 fully saturated rings. The maximum atomic E-state index is 12.4. The fraction of sp³-hybridized carbons (Fsp3) is 0.333. The van der Waals surface area contributed by atoms with Crippen LogP contribution in [-0.2, 0) is 9.59 Å². The Morgan fingerprint density at radius 1 is 1.31 bits per heavy atom. The van der Waals surface area contributed by atoms with Gasteiger partial charge in [-0.25, -0.2) is 14.9 Å². The lowest BCUT2D eigenvalue weighted by Crippen LogP contribution is -2.63. The second kappa shape index (κ2) is 7.64. The summed E-state index contributed by atoms with van der Waals surface area (Å²) in [6.45, 7) is 1.49. The molecule has 3 rings (SSSR count). The molecule has 1 aromatic carbocycles. The first-order chi connectivity index (χ1) is 13.7. The van der Waals surface area contributed by atoms with E-state index in [4.69, 9.17) is 4.74 Å². The highest BCUT2D eigenvalue weighted by Crippen LogP contribution is 2.24. The molecule has 0 spiro atoms. The third-order valence-electron chi connectivity index (χ3n) is 4.65. The van der Waals surface area contributed by atoms with Gasteiger partial charge in [-0.05, 0) is 13.0 Å². The molecule has 152 valence electrons. The quantitative estimate of drug-likeness (QED) is 0.356. The van der Waals surface area contributed by atoms with Crippen molar-refractivity contribution in [2.75, 3.05) is 27.7 Å². The number of carbonyl (C=O) groups excluding carboxylic acids is 3. The number of nitrogens with one attached hydrogen (secondary N) is 1. The number of amides is 4. The molecule has 0 bridgehead atoms. The molecule has 1 saturated heterocycles. The highest BCUT2D eigenvalue weighted by molar-refractivity contribution is 6.22. The topological polar surface area (TPSA) is 132 Å². The minimum absolute atomic E-state index is 0.179. The molecular formula is C18H20N6O5. The molecule has 1 N–H and O–H groups in total. The molecule has 1 aromatic rings. The van der Waals surface area contributed by atoms with Crippen molar-refractivity contribution >= 4 is 35.7 Å². The highest BCUT2D eigenvalue weighted by atomic mass is 16.5. The molecular weight excluding hydrogens is 380 g/mol. The summed E-state index contributed by atoms with van der Waals surface area (Å²) >= 11 is 0. The van der Waals surface area contributed by atoms with Crippen molar-refractivity contribution in [2.45, 2.75) is 13.0 Å². The monoisotopic (exact) mass is 400 g/mol. The number of methoxy groups -OCH3 is 1. The van der Waals surface area contributed by atoms with Gasteiger partial charge in [0.05, 0.1) is 19.9 Å². The van der Waals surface area contributed by atoms with E-state index < -0.39 is 23.9 Å². The number of hydrogen-bond acceptors (Lipinski definition) is 7. The molecule has 2 heterocycles. The number of carbonyl (C=O) groups is 3. The lowest BCUT2D eigenvalue weighted by molar-refractivity contribution is -0.270. The van der Waals surface area contributed by atoms with Crippen LogP contribution in [0.15, 0.2) is 23.3 Å². The molecule has 11 heteroatoms. The average molecular weight is 400 g/mol. The maximum absolute atomic E-state index is 12.4. The Hall–Kier alpha value is -3.85. The lowest BCUT2D eigenvalue weighted by Gasteiger charge is -2.29. The molecule has 0 aliphatic carbocycles. The van der Waals surface area contributed by atoms with E-state index in [1.165, 1.54) is 49.5 Å². The molecule has 2 aliphatic heterocycles. The summed E-state index contributed by atoms with van der Waals surface area (Å²) in [6.07, 6.45) is 1.36. The van der Waals surface area contributed by atoms with Gasteiger partial charge in [-0.2, -0.15) is 10.0 Å². The molecule has 1 atom stereocenters. The van der Waals surface area contributed by atoms with Crippen LogP contribution in [0.4, 0.5) is 4.79 Å². The van der Waals surface area contributed by atoms with E-state index in [0.29, 0.717) is 11.3 Å². The van der Waals surface area contributed by atoms with Crippen LogP contribution in [0.25, 0.3) is 0 Å². The van der Waals surface area contributed by atoms with Crippen LogP contribution >= 0.6 is 0 Å². The first-order valence-corrected chi connectivity index (χ1v) is 8.65. The minimum atomic E-state index is -0.840. The molecule has 4 amide bonds. The molecule has 2 aliphatic rings. The van der Waals surface area contributed by atoms with E-state index in [-0.39, 0.29) is 23.9 Å². The van der Waals surface area contributed by atoms with Gasteiger partial charge in [0.15, 0.2) is 0 Å². The number of fused-ring (bicyclic) bond motifs is 1. The molecule has 0 saturated carbocycles. The highest BCUT2D eigenvalue weighted by Gasteiger charge is 2.53. The van der Waals surface area contributed by atoms with E-state index >= 15 is 0 Å². The number of urea groups is 1. The third-order valence-corrected chi connectivity index (χ3v) is 4.65. The van der Waals surface area contributed by atoms with E-state index in [2.05, 4.69) is 15.2 Å². The second-order valence-electron chi connectivity index (χ2n) is 6.51. The van der Waals surface area contributed by atoms with Crippen LogP contribution < -0.4 is 19.9 Å². The van der Waals surface area contributed by atoms with Gasteiger partial charge >= 0.3 is 11.9 Å². The van der Waals surface area contributed by atoms with Gasteiger partial charge in [-0.15, -0.1) is 0 Å². The van der Waals surface area contributed by atoms with Crippen molar-refractivity contribution < 1.29 is 24.2 Å². The summed E-state index contributed by atoms with van der Waals surface area (Å²) in [7, 11) is 4.29. The van der Waals surface area contributed by atoms with Gasteiger partial charge < -0.3 is 9.84 Å². The number of benzene rings is 1. The molecule has 29 heavy (non-hydrogen) atoms. The van der Waals surface area contributed by atoms with E-state index in [9.17, 15) is 19.5 Å². The number of imide groups is 1. The first kappa shape index (κ1) is 19.9. The minimum Gasteiger partial charge on any atom is -0.870 e. The Kier molecular flexibility index (Phi) is 5.24. The van der Waals surface area contributed by atoms with Gasteiger partial charge in [-0.1, -0.05) is 17.9 Å². The van der Waals surface area contributed by atoms with Crippen LogP contribution in [0, 0.1) is 0 Å². The summed E-state index contributed by atoms with van der Waals surface area (Å²) < 4.78 is 9.09. The summed E-state index contributed by atoms with van der Waals surface area (Å²) in [4.78, 5) is 40.4. The van der Waals surface area contributed by atoms with E-state index in [1.54, 1.807) is 13.0 Å². The summed E-state index contributed by atoms with van der Waals surface area (Å²) in [6, 6.07) is 3.14. The normalized spacial score (nSPS) is 18.8. The molecule has 11 nitrogen and oxygen atoms in total. The number of amidine groups is 1. The predicted octanol–water partition coefficient (Wildman–Crippen LogP) is -1.69. The van der Waals surface area contributed by atoms with Gasteiger partial charge in [0.2, 0.25) is 0 Å². The first-order valence-electron chi connectivity index (χ1n) is 8.65. The van der Waals surface area contributed by atoms with Crippen molar-refractivity contribution in [1.82, 2.24) is 24.8 Å². The Morgan fingerprint density at radius 3 is 2.72 bits per heavy atom. The Bertz CT molecular complexity index is 981. The van der Waals surface area contributed by atoms with Gasteiger partial charge in [-0.3, -0.25) is 19.4 Å². The summed E-state index contributed by atoms with van der Waals surface area (Å²) in [5.74, 6) is -0.731. The maximum Gasteiger partial charge on any atom is 0.389 e. The molecule has 0 radical (unpaired) electrons. The van der Waals surface area contributed by atoms with Crippen LogP contribution in [0.2, 0.25) is 0 Å². The summed E-state index contributed by atoms with van der Waals surface area (Å²) in [5.41, 5.74) is 3.50. The second-order valence-corrected chi connectivity index (χ2v) is 6.51. The number of hydrazone groups is 1. The molecule has 1 unspecified atom stereocenters. The van der Waals surface area contributed by atoms with Gasteiger partial charge in [0, 0.05) is 12.6 Å². The predicted molar refractivity (Wildman–Crippen MR) is 102 cm³/mol. The van der Waals surface area contributed by atoms with E-state index in [1.807, 2.05) is 0 Å². The number of rotatable bonds is 5. The van der Waals surface area contributed by atoms with Gasteiger partial charge in [0.25, 0.3) is 24.2 Å². The standard InChI is InChI=1S/C18H20N6O5/c1-10(11-5-6-12(25)13(7-11)29-4)20-21-14(26)8-24-9-19-16-15(24)17(27)23(3)18(28)22(16)2/h5-7,9,15H,8H2,1-4H3,(H-,20,21,25,26). The van der Waals surface area contributed by atoms with Crippen LogP contribution in [0.3, 0.4) is 0 Å². The smallest absolute Gasteiger partial charge is 0.389 e. The third kappa shape index (κ3) is 3.63. The van der Waals surface area contributed by atoms with Crippen molar-refractivity contribution in [3.8, 4) is 11.5 Å². The van der Waals surface area contributed by atoms with Crippen molar-refractivity contribution in [3.05, 3.63) is 23.8 Å². The number of likely N-dealkylation sites (N-methyl/N-ethyl adjacent to an activating group) is 2. The fourth-order valence-electron chi connectivity index (χ4n) is 2.98. The Balaban J connectivity index is 1.66. The summed E-state index contributed by atoms with van der Waals surface area (Å²) in [5, 5.41) is 15.6. The lowest BCUT2D eigenvalue weighted by atomic mass is 10.1. The number of hydrogen-bond donors (Lipinski definition) is 1. The Morgan fingerprint density at radius 2 is 2.03 bits per heavy atom. The average Bonchev–Trinajstić information content (AvgIpc) is 3.12. The Labute approximate surface area is 166 Å². The largest absolute Gasteiger partial charge is 0.870 e. The fourth-order valence-corrected chi connectivity index (χ4v) is 2.98. The zero-order chi connectivity index (χ0) is 21.3. The number of nitrogens with zero attached hydrogens (tertiary/aromatic N) is 5. The van der Waals surface area contributed by atoms with Crippen molar-refractivity contribution in [1.29, 1.82) is 0 Å². The van der Waals surface area contributed by atoms with Gasteiger partial charge in [0.1, 0.15) is 12.3 Å². The van der Waals surface area contributed by atoms with Crippen LogP contribution in [0.5, 0.6) is 11.5 Å². The van der Waals surface area contributed by atoms with Crippen molar-refractivity contribution in [3.63, 3.8) is 0 Å². The van der Waals surface area contributed by atoms with Crippen molar-refractivity contribution in [2.24, 2.45) is 5.10 Å².